The van der Waals surface area contributed by atoms with Crippen LogP contribution in [0, 0.1) is 29.6 Å². The Bertz CT molecular complexity index is 1410. The first-order chi connectivity index (χ1) is 28.7. The first-order valence-electron chi connectivity index (χ1n) is 25.4. The molecule has 0 N–H and O–H groups in total. The molecule has 0 radical (unpaired) electrons. The number of epoxide rings is 4. The Labute approximate surface area is 368 Å². The Morgan fingerprint density at radius 2 is 0.600 bits per heavy atom. The summed E-state index contributed by atoms with van der Waals surface area (Å²) in [7, 11) is -14.2. The minimum atomic E-state index is -2.85. The highest BCUT2D eigenvalue weighted by atomic mass is 28.5. The minimum Gasteiger partial charge on any atom is -0.416 e. The van der Waals surface area contributed by atoms with Crippen molar-refractivity contribution < 1.29 is 44.3 Å². The van der Waals surface area contributed by atoms with Crippen LogP contribution in [0.4, 0.5) is 0 Å². The van der Waals surface area contributed by atoms with Gasteiger partial charge in [0.25, 0.3) is 0 Å². The second-order valence-corrected chi connectivity index (χ2v) is 40.9. The molecule has 18 unspecified atom stereocenters. The summed E-state index contributed by atoms with van der Waals surface area (Å²) in [4.78, 5) is 0. The average molecular weight is 924 g/mol. The largest absolute Gasteiger partial charge is 0.416 e. The summed E-state index contributed by atoms with van der Waals surface area (Å²) >= 11 is 0. The zero-order valence-corrected chi connectivity index (χ0v) is 43.3. The van der Waals surface area contributed by atoms with Gasteiger partial charge in [0.05, 0.1) is 54.9 Å². The van der Waals surface area contributed by atoms with E-state index < -0.39 is 42.8 Å². The molecule has 10 rings (SSSR count). The SMILES string of the molecule is CC1CCC(CC[Si]2(C)O[Si](C)(CCC3CCC4OC4C3)O[Si](C)(CCC3CCC4OC4C3)O[Si](C)(CCC3CCC4OC4C3)O[Si](C)(CCC3CCC4OC4C3)O2)CO1. The zero-order chi connectivity index (χ0) is 41.3. The molecule has 0 spiro atoms. The van der Waals surface area contributed by atoms with Crippen LogP contribution in [0.25, 0.3) is 0 Å². The second-order valence-electron chi connectivity index (χ2n) is 23.0. The number of rotatable bonds is 15. The fourth-order valence-electron chi connectivity index (χ4n) is 13.4. The van der Waals surface area contributed by atoms with Crippen LogP contribution in [-0.4, -0.2) is 104 Å². The Morgan fingerprint density at radius 1 is 0.333 bits per heavy atom. The Hall–Kier alpha value is 0.684. The third-order valence-electron chi connectivity index (χ3n) is 17.2. The molecule has 6 aliphatic heterocycles. The van der Waals surface area contributed by atoms with E-state index in [1.54, 1.807) is 0 Å². The molecule has 6 saturated heterocycles. The van der Waals surface area contributed by atoms with Gasteiger partial charge in [0.2, 0.25) is 0 Å². The molecule has 10 aliphatic rings. The number of fused-ring (bicyclic) bond motifs is 4. The van der Waals surface area contributed by atoms with Gasteiger partial charge < -0.3 is 44.3 Å². The van der Waals surface area contributed by atoms with Crippen molar-refractivity contribution in [1.82, 2.24) is 0 Å². The Morgan fingerprint density at radius 3 is 0.850 bits per heavy atom. The lowest BCUT2D eigenvalue weighted by Crippen LogP contribution is -2.67. The molecular formula is C45H82O10Si5. The van der Waals surface area contributed by atoms with Gasteiger partial charge in [0.15, 0.2) is 0 Å². The van der Waals surface area contributed by atoms with Crippen LogP contribution < -0.4 is 0 Å². The molecule has 0 amide bonds. The zero-order valence-electron chi connectivity index (χ0n) is 38.3. The van der Waals surface area contributed by atoms with Gasteiger partial charge in [-0.15, -0.1) is 0 Å². The Balaban J connectivity index is 0.957. The van der Waals surface area contributed by atoms with E-state index in [1.165, 1.54) is 83.5 Å². The standard InChI is InChI=1S/C45H82O10Si5/c1-32-7-8-37(31-46-32)21-26-60(6)54-58(4,24-19-35-11-15-40-44(29-35)49-40)52-56(2,22-17-33-9-13-38-42(27-33)47-38)51-57(3,23-18-34-10-14-39-43(28-34)48-39)53-59(5,55-60)25-20-36-12-16-41-45(30-36)50-41/h32-45H,7-31H2,1-6H3. The van der Waals surface area contributed by atoms with Crippen molar-refractivity contribution in [3.8, 4) is 0 Å². The molecule has 0 aromatic heterocycles. The maximum atomic E-state index is 7.95. The highest BCUT2D eigenvalue weighted by Gasteiger charge is 2.58. The van der Waals surface area contributed by atoms with Crippen LogP contribution in [0.3, 0.4) is 0 Å². The average Bonchev–Trinajstić information content (AvgIpc) is 4.02. The van der Waals surface area contributed by atoms with Crippen molar-refractivity contribution in [2.45, 2.75) is 247 Å². The maximum absolute atomic E-state index is 7.95. The smallest absolute Gasteiger partial charge is 0.317 e. The molecule has 0 aromatic carbocycles. The molecule has 60 heavy (non-hydrogen) atoms. The van der Waals surface area contributed by atoms with Crippen LogP contribution in [0.15, 0.2) is 0 Å². The minimum absolute atomic E-state index is 0.361. The molecule has 6 heterocycles. The van der Waals surface area contributed by atoms with Gasteiger partial charge in [0, 0.05) is 6.61 Å². The van der Waals surface area contributed by atoms with Gasteiger partial charge >= 0.3 is 42.8 Å². The van der Waals surface area contributed by atoms with Crippen LogP contribution in [0.5, 0.6) is 0 Å². The fraction of sp³-hybridized carbons (Fsp3) is 1.00. The molecule has 18 atom stereocenters. The van der Waals surface area contributed by atoms with Crippen LogP contribution >= 0.6 is 0 Å². The quantitative estimate of drug-likeness (QED) is 0.116. The topological polar surface area (TPSA) is 106 Å². The van der Waals surface area contributed by atoms with Crippen molar-refractivity contribution in [2.75, 3.05) is 6.61 Å². The molecule has 0 aromatic rings. The third-order valence-corrected chi connectivity index (χ3v) is 40.5. The van der Waals surface area contributed by atoms with E-state index in [-0.39, 0.29) is 0 Å². The molecular weight excluding hydrogens is 841 g/mol. The maximum Gasteiger partial charge on any atom is 0.317 e. The summed E-state index contributed by atoms with van der Waals surface area (Å²) in [6, 6.07) is 5.00. The summed E-state index contributed by atoms with van der Waals surface area (Å²) in [6.45, 7) is 15.3. The van der Waals surface area contributed by atoms with Crippen molar-refractivity contribution in [3.63, 3.8) is 0 Å². The summed E-state index contributed by atoms with van der Waals surface area (Å²) in [5, 5.41) is 0. The van der Waals surface area contributed by atoms with Gasteiger partial charge in [-0.3, -0.25) is 0 Å². The lowest BCUT2D eigenvalue weighted by Gasteiger charge is -2.51. The molecule has 0 bridgehead atoms. The lowest BCUT2D eigenvalue weighted by molar-refractivity contribution is -0.00617. The predicted molar refractivity (Wildman–Crippen MR) is 243 cm³/mol. The lowest BCUT2D eigenvalue weighted by atomic mass is 9.88. The van der Waals surface area contributed by atoms with Crippen molar-refractivity contribution in [2.24, 2.45) is 29.6 Å². The van der Waals surface area contributed by atoms with Crippen LogP contribution in [-0.2, 0) is 44.3 Å². The second kappa shape index (κ2) is 17.7. The molecule has 342 valence electrons. The highest BCUT2D eigenvalue weighted by molar-refractivity contribution is 6.94. The molecule has 15 heteroatoms. The summed E-state index contributed by atoms with van der Waals surface area (Å²) in [6.07, 6.45) is 27.2. The van der Waals surface area contributed by atoms with Gasteiger partial charge in [-0.05, 0) is 221 Å². The number of ether oxygens (including phenoxy) is 5. The van der Waals surface area contributed by atoms with E-state index in [9.17, 15) is 0 Å². The third kappa shape index (κ3) is 11.4. The molecule has 10 nitrogen and oxygen atoms in total. The molecule has 4 saturated carbocycles. The van der Waals surface area contributed by atoms with Crippen molar-refractivity contribution in [3.05, 3.63) is 0 Å². The highest BCUT2D eigenvalue weighted by Crippen LogP contribution is 2.48. The van der Waals surface area contributed by atoms with E-state index in [4.69, 9.17) is 44.3 Å². The first-order valence-corrected chi connectivity index (χ1v) is 38.0. The van der Waals surface area contributed by atoms with Gasteiger partial charge in [-0.25, -0.2) is 0 Å². The van der Waals surface area contributed by atoms with Crippen LogP contribution in [0.1, 0.15) is 129 Å². The van der Waals surface area contributed by atoms with E-state index in [1.807, 2.05) is 0 Å². The van der Waals surface area contributed by atoms with Gasteiger partial charge in [-0.2, -0.15) is 0 Å². The normalized spacial score (nSPS) is 53.5. The summed E-state index contributed by atoms with van der Waals surface area (Å²) in [5.41, 5.74) is 0. The number of hydrogen-bond acceptors (Lipinski definition) is 10. The fourth-order valence-corrected chi connectivity index (χ4v) is 43.1. The van der Waals surface area contributed by atoms with Crippen LogP contribution in [0.2, 0.25) is 63.0 Å². The summed E-state index contributed by atoms with van der Waals surface area (Å²) in [5.74, 6) is 3.27. The predicted octanol–water partition coefficient (Wildman–Crippen LogP) is 10.5. The monoisotopic (exact) mass is 922 g/mol. The van der Waals surface area contributed by atoms with Gasteiger partial charge in [0.1, 0.15) is 0 Å². The number of hydrogen-bond donors (Lipinski definition) is 0. The van der Waals surface area contributed by atoms with E-state index in [0.29, 0.717) is 84.5 Å². The van der Waals surface area contributed by atoms with Gasteiger partial charge in [-0.1, -0.05) is 0 Å². The van der Waals surface area contributed by atoms with E-state index in [2.05, 4.69) is 39.7 Å². The van der Waals surface area contributed by atoms with E-state index >= 15 is 0 Å². The van der Waals surface area contributed by atoms with E-state index in [0.717, 1.165) is 75.4 Å². The molecule has 4 aliphatic carbocycles. The van der Waals surface area contributed by atoms with Crippen molar-refractivity contribution >= 4 is 42.8 Å². The van der Waals surface area contributed by atoms with Crippen molar-refractivity contribution in [1.29, 1.82) is 0 Å². The first kappa shape index (κ1) is 44.5. The molecule has 10 fully saturated rings. The summed E-state index contributed by atoms with van der Waals surface area (Å²) < 4.78 is 70.1. The Kier molecular flexibility index (Phi) is 13.2.